The molecule has 1 aliphatic carbocycles. The number of amides is 1. The summed E-state index contributed by atoms with van der Waals surface area (Å²) in [7, 11) is 0. The fourth-order valence-corrected chi connectivity index (χ4v) is 3.44. The van der Waals surface area contributed by atoms with E-state index in [2.05, 4.69) is 20.4 Å². The number of aromatic amines is 1. The standard InChI is InChI=1S/C14H23N5O/c15-13-8-12(17-18-13)14(20)16-10-4-3-7-19(9-10)11-5-1-2-6-11/h8,10-11H,1-7,9H2,(H,16,20)(H3,15,17,18). The molecule has 2 fully saturated rings. The van der Waals surface area contributed by atoms with Crippen molar-refractivity contribution in [1.29, 1.82) is 0 Å². The minimum Gasteiger partial charge on any atom is -0.382 e. The Hall–Kier alpha value is -1.56. The van der Waals surface area contributed by atoms with Gasteiger partial charge in [-0.2, -0.15) is 5.10 Å². The molecule has 4 N–H and O–H groups in total. The van der Waals surface area contributed by atoms with Gasteiger partial charge in [0, 0.05) is 24.7 Å². The van der Waals surface area contributed by atoms with Crippen molar-refractivity contribution in [3.63, 3.8) is 0 Å². The number of hydrogen-bond acceptors (Lipinski definition) is 4. The largest absolute Gasteiger partial charge is 0.382 e. The lowest BCUT2D eigenvalue weighted by molar-refractivity contribution is 0.0870. The van der Waals surface area contributed by atoms with Gasteiger partial charge in [-0.25, -0.2) is 0 Å². The van der Waals surface area contributed by atoms with Gasteiger partial charge in [-0.15, -0.1) is 0 Å². The lowest BCUT2D eigenvalue weighted by atomic mass is 10.0. The molecule has 1 aliphatic heterocycles. The third kappa shape index (κ3) is 2.95. The van der Waals surface area contributed by atoms with Crippen LogP contribution in [0, 0.1) is 0 Å². The Morgan fingerprint density at radius 1 is 1.35 bits per heavy atom. The molecule has 1 amide bonds. The van der Waals surface area contributed by atoms with Gasteiger partial charge in [0.2, 0.25) is 0 Å². The SMILES string of the molecule is Nc1cc(C(=O)NC2CCCN(C3CCCC3)C2)[nH]n1. The summed E-state index contributed by atoms with van der Waals surface area (Å²) < 4.78 is 0. The Labute approximate surface area is 119 Å². The lowest BCUT2D eigenvalue weighted by Gasteiger charge is -2.37. The number of hydrogen-bond donors (Lipinski definition) is 3. The number of carbonyl (C=O) groups excluding carboxylic acids is 1. The first kappa shape index (κ1) is 13.4. The van der Waals surface area contributed by atoms with Crippen LogP contribution in [0.2, 0.25) is 0 Å². The van der Waals surface area contributed by atoms with Crippen LogP contribution in [-0.4, -0.2) is 46.2 Å². The van der Waals surface area contributed by atoms with Crippen LogP contribution >= 0.6 is 0 Å². The molecule has 1 saturated carbocycles. The summed E-state index contributed by atoms with van der Waals surface area (Å²) in [5.41, 5.74) is 5.97. The number of nitrogens with zero attached hydrogens (tertiary/aromatic N) is 2. The van der Waals surface area contributed by atoms with Crippen molar-refractivity contribution >= 4 is 11.7 Å². The zero-order valence-electron chi connectivity index (χ0n) is 11.8. The second-order valence-corrected chi connectivity index (χ2v) is 5.95. The van der Waals surface area contributed by atoms with Crippen LogP contribution in [0.4, 0.5) is 5.82 Å². The molecule has 0 aromatic carbocycles. The molecule has 3 rings (SSSR count). The number of H-pyrrole nitrogens is 1. The first-order valence-corrected chi connectivity index (χ1v) is 7.58. The van der Waals surface area contributed by atoms with Gasteiger partial charge in [0.15, 0.2) is 0 Å². The average molecular weight is 277 g/mol. The van der Waals surface area contributed by atoms with E-state index in [4.69, 9.17) is 5.73 Å². The van der Waals surface area contributed by atoms with Gasteiger partial charge >= 0.3 is 0 Å². The van der Waals surface area contributed by atoms with Crippen LogP contribution in [-0.2, 0) is 0 Å². The minimum absolute atomic E-state index is 0.104. The number of rotatable bonds is 3. The Morgan fingerprint density at radius 3 is 2.85 bits per heavy atom. The second-order valence-electron chi connectivity index (χ2n) is 5.95. The smallest absolute Gasteiger partial charge is 0.269 e. The van der Waals surface area contributed by atoms with E-state index in [1.54, 1.807) is 6.07 Å². The summed E-state index contributed by atoms with van der Waals surface area (Å²) in [6, 6.07) is 2.55. The fourth-order valence-electron chi connectivity index (χ4n) is 3.44. The number of nitrogens with two attached hydrogens (primary N) is 1. The normalized spacial score (nSPS) is 24.9. The molecule has 2 aliphatic rings. The third-order valence-corrected chi connectivity index (χ3v) is 4.47. The van der Waals surface area contributed by atoms with Gasteiger partial charge in [0.25, 0.3) is 5.91 Å². The number of carbonyl (C=O) groups is 1. The summed E-state index contributed by atoms with van der Waals surface area (Å²) in [6.07, 6.45) is 7.55. The maximum atomic E-state index is 12.1. The van der Waals surface area contributed by atoms with Crippen molar-refractivity contribution in [2.75, 3.05) is 18.8 Å². The molecule has 1 saturated heterocycles. The molecule has 6 nitrogen and oxygen atoms in total. The Bertz CT molecular complexity index is 466. The molecule has 1 unspecified atom stereocenters. The Morgan fingerprint density at radius 2 is 2.15 bits per heavy atom. The maximum Gasteiger partial charge on any atom is 0.269 e. The molecule has 2 heterocycles. The van der Waals surface area contributed by atoms with Crippen LogP contribution in [0.25, 0.3) is 0 Å². The number of likely N-dealkylation sites (tertiary alicyclic amines) is 1. The predicted octanol–water partition coefficient (Wildman–Crippen LogP) is 1.13. The van der Waals surface area contributed by atoms with Crippen molar-refractivity contribution in [3.05, 3.63) is 11.8 Å². The van der Waals surface area contributed by atoms with Gasteiger partial charge in [0.05, 0.1) is 0 Å². The molecule has 0 spiro atoms. The minimum atomic E-state index is -0.104. The van der Waals surface area contributed by atoms with Gasteiger partial charge in [-0.3, -0.25) is 14.8 Å². The summed E-state index contributed by atoms with van der Waals surface area (Å²) in [6.45, 7) is 2.15. The van der Waals surface area contributed by atoms with E-state index in [0.717, 1.165) is 25.4 Å². The lowest BCUT2D eigenvalue weighted by Crippen LogP contribution is -2.50. The van der Waals surface area contributed by atoms with Crippen LogP contribution < -0.4 is 11.1 Å². The second kappa shape index (κ2) is 5.83. The van der Waals surface area contributed by atoms with Crippen molar-refractivity contribution < 1.29 is 4.79 Å². The van der Waals surface area contributed by atoms with Crippen LogP contribution in [0.15, 0.2) is 6.07 Å². The fraction of sp³-hybridized carbons (Fsp3) is 0.714. The maximum absolute atomic E-state index is 12.1. The predicted molar refractivity (Wildman–Crippen MR) is 77.3 cm³/mol. The van der Waals surface area contributed by atoms with Crippen LogP contribution in [0.1, 0.15) is 49.0 Å². The highest BCUT2D eigenvalue weighted by atomic mass is 16.2. The quantitative estimate of drug-likeness (QED) is 0.773. The summed E-state index contributed by atoms with van der Waals surface area (Å²) in [5, 5.41) is 9.55. The number of nitrogens with one attached hydrogen (secondary N) is 2. The van der Waals surface area contributed by atoms with Crippen molar-refractivity contribution in [2.45, 2.75) is 50.6 Å². The highest BCUT2D eigenvalue weighted by molar-refractivity contribution is 5.93. The third-order valence-electron chi connectivity index (χ3n) is 4.47. The Kier molecular flexibility index (Phi) is 3.91. The summed E-state index contributed by atoms with van der Waals surface area (Å²) >= 11 is 0. The average Bonchev–Trinajstić information content (AvgIpc) is 3.10. The zero-order valence-corrected chi connectivity index (χ0v) is 11.8. The van der Waals surface area contributed by atoms with Gasteiger partial charge in [0.1, 0.15) is 11.5 Å². The van der Waals surface area contributed by atoms with Gasteiger partial charge < -0.3 is 11.1 Å². The van der Waals surface area contributed by atoms with Crippen molar-refractivity contribution in [2.24, 2.45) is 0 Å². The van der Waals surface area contributed by atoms with E-state index in [1.807, 2.05) is 0 Å². The summed E-state index contributed by atoms with van der Waals surface area (Å²) in [4.78, 5) is 14.7. The van der Waals surface area contributed by atoms with E-state index in [0.29, 0.717) is 11.5 Å². The van der Waals surface area contributed by atoms with Gasteiger partial charge in [-0.05, 0) is 32.2 Å². The molecule has 0 radical (unpaired) electrons. The molecular formula is C14H23N5O. The monoisotopic (exact) mass is 277 g/mol. The van der Waals surface area contributed by atoms with E-state index in [9.17, 15) is 4.79 Å². The van der Waals surface area contributed by atoms with E-state index >= 15 is 0 Å². The number of anilines is 1. The Balaban J connectivity index is 1.55. The van der Waals surface area contributed by atoms with Gasteiger partial charge in [-0.1, -0.05) is 12.8 Å². The van der Waals surface area contributed by atoms with Crippen molar-refractivity contribution in [3.8, 4) is 0 Å². The number of nitrogen functional groups attached to an aromatic ring is 1. The molecule has 1 atom stereocenters. The molecule has 110 valence electrons. The highest BCUT2D eigenvalue weighted by Gasteiger charge is 2.28. The molecule has 0 bridgehead atoms. The van der Waals surface area contributed by atoms with E-state index in [-0.39, 0.29) is 11.9 Å². The molecule has 1 aromatic rings. The highest BCUT2D eigenvalue weighted by Crippen LogP contribution is 2.26. The van der Waals surface area contributed by atoms with E-state index in [1.165, 1.54) is 32.2 Å². The van der Waals surface area contributed by atoms with E-state index < -0.39 is 0 Å². The number of aromatic nitrogens is 2. The first-order valence-electron chi connectivity index (χ1n) is 7.58. The topological polar surface area (TPSA) is 87.0 Å². The molecular weight excluding hydrogens is 254 g/mol. The molecule has 20 heavy (non-hydrogen) atoms. The summed E-state index contributed by atoms with van der Waals surface area (Å²) in [5.74, 6) is 0.249. The van der Waals surface area contributed by atoms with Crippen LogP contribution in [0.3, 0.4) is 0 Å². The number of piperidine rings is 1. The zero-order chi connectivity index (χ0) is 13.9. The van der Waals surface area contributed by atoms with Crippen molar-refractivity contribution in [1.82, 2.24) is 20.4 Å². The molecule has 6 heteroatoms. The first-order chi connectivity index (χ1) is 9.72. The van der Waals surface area contributed by atoms with Crippen LogP contribution in [0.5, 0.6) is 0 Å². The molecule has 1 aromatic heterocycles.